The van der Waals surface area contributed by atoms with Crippen molar-refractivity contribution in [2.24, 2.45) is 0 Å². The van der Waals surface area contributed by atoms with E-state index in [0.29, 0.717) is 6.04 Å². The minimum absolute atomic E-state index is 0.567. The van der Waals surface area contributed by atoms with Crippen LogP contribution in [0.5, 0.6) is 0 Å². The Morgan fingerprint density at radius 1 is 1.31 bits per heavy atom. The summed E-state index contributed by atoms with van der Waals surface area (Å²) in [7, 11) is 0. The van der Waals surface area contributed by atoms with Gasteiger partial charge in [-0.05, 0) is 37.5 Å². The van der Waals surface area contributed by atoms with E-state index in [1.54, 1.807) is 0 Å². The van der Waals surface area contributed by atoms with Gasteiger partial charge in [-0.25, -0.2) is 0 Å². The van der Waals surface area contributed by atoms with Crippen LogP contribution in [-0.2, 0) is 0 Å². The first kappa shape index (κ1) is 13.4. The lowest BCUT2D eigenvalue weighted by atomic mass is 10.1. The molecular weight excluding hydrogens is 218 g/mol. The number of anilines is 1. The Kier molecular flexibility index (Phi) is 5.68. The van der Waals surface area contributed by atoms with Gasteiger partial charge in [0.15, 0.2) is 0 Å². The van der Waals surface area contributed by atoms with Gasteiger partial charge in [0.05, 0.1) is 0 Å². The molecule has 0 saturated heterocycles. The molecular formula is C14H22ClN. The molecule has 1 nitrogen and oxygen atoms in total. The summed E-state index contributed by atoms with van der Waals surface area (Å²) < 4.78 is 0. The van der Waals surface area contributed by atoms with Gasteiger partial charge < -0.3 is 5.32 Å². The van der Waals surface area contributed by atoms with Crippen molar-refractivity contribution < 1.29 is 0 Å². The van der Waals surface area contributed by atoms with Crippen LogP contribution in [0.15, 0.2) is 18.2 Å². The standard InChI is InChI=1S/C14H22ClN/c1-4-6-8-12(5-2)16-14-10-7-9-13(15)11(14)3/h7,9-10,12,16H,4-6,8H2,1-3H3. The Morgan fingerprint density at radius 3 is 2.69 bits per heavy atom. The molecule has 1 aromatic carbocycles. The maximum Gasteiger partial charge on any atom is 0.0455 e. The molecule has 0 fully saturated rings. The Morgan fingerprint density at radius 2 is 2.06 bits per heavy atom. The third-order valence-electron chi connectivity index (χ3n) is 3.03. The SMILES string of the molecule is CCCCC(CC)Nc1cccc(Cl)c1C. The molecule has 0 bridgehead atoms. The Labute approximate surface area is 104 Å². The Balaban J connectivity index is 2.66. The van der Waals surface area contributed by atoms with Crippen molar-refractivity contribution in [3.05, 3.63) is 28.8 Å². The fourth-order valence-corrected chi connectivity index (χ4v) is 1.99. The molecule has 90 valence electrons. The molecule has 0 aromatic heterocycles. The number of unbranched alkanes of at least 4 members (excludes halogenated alkanes) is 1. The van der Waals surface area contributed by atoms with Gasteiger partial charge in [-0.1, -0.05) is 44.4 Å². The van der Waals surface area contributed by atoms with Crippen molar-refractivity contribution >= 4 is 17.3 Å². The second-order valence-electron chi connectivity index (χ2n) is 4.30. The second kappa shape index (κ2) is 6.80. The van der Waals surface area contributed by atoms with Gasteiger partial charge in [0.2, 0.25) is 0 Å². The lowest BCUT2D eigenvalue weighted by Gasteiger charge is -2.19. The molecule has 1 N–H and O–H groups in total. The molecule has 0 saturated carbocycles. The summed E-state index contributed by atoms with van der Waals surface area (Å²) in [5.74, 6) is 0. The zero-order valence-corrected chi connectivity index (χ0v) is 11.3. The van der Waals surface area contributed by atoms with Crippen molar-refractivity contribution in [3.63, 3.8) is 0 Å². The Bertz CT molecular complexity index is 323. The van der Waals surface area contributed by atoms with Crippen LogP contribution in [0.3, 0.4) is 0 Å². The lowest BCUT2D eigenvalue weighted by molar-refractivity contribution is 0.593. The normalized spacial score (nSPS) is 12.5. The highest BCUT2D eigenvalue weighted by Gasteiger charge is 2.08. The predicted octanol–water partition coefficient (Wildman–Crippen LogP) is 5.03. The molecule has 1 aromatic rings. The molecule has 0 aliphatic heterocycles. The monoisotopic (exact) mass is 239 g/mol. The van der Waals surface area contributed by atoms with Crippen molar-refractivity contribution in [3.8, 4) is 0 Å². The van der Waals surface area contributed by atoms with E-state index < -0.39 is 0 Å². The molecule has 1 unspecified atom stereocenters. The number of rotatable bonds is 6. The van der Waals surface area contributed by atoms with Gasteiger partial charge in [-0.2, -0.15) is 0 Å². The van der Waals surface area contributed by atoms with E-state index >= 15 is 0 Å². The van der Waals surface area contributed by atoms with Gasteiger partial charge in [0.1, 0.15) is 0 Å². The number of hydrogen-bond donors (Lipinski definition) is 1. The van der Waals surface area contributed by atoms with E-state index in [-0.39, 0.29) is 0 Å². The third kappa shape index (κ3) is 3.71. The topological polar surface area (TPSA) is 12.0 Å². The van der Waals surface area contributed by atoms with Crippen LogP contribution in [0, 0.1) is 6.92 Å². The van der Waals surface area contributed by atoms with Crippen LogP contribution >= 0.6 is 11.6 Å². The number of benzene rings is 1. The number of halogens is 1. The highest BCUT2D eigenvalue weighted by atomic mass is 35.5. The molecule has 0 aliphatic rings. The molecule has 0 aliphatic carbocycles. The zero-order valence-electron chi connectivity index (χ0n) is 10.5. The fourth-order valence-electron chi connectivity index (χ4n) is 1.81. The molecule has 0 heterocycles. The quantitative estimate of drug-likeness (QED) is 0.734. The van der Waals surface area contributed by atoms with E-state index in [2.05, 4.69) is 32.2 Å². The molecule has 0 radical (unpaired) electrons. The smallest absolute Gasteiger partial charge is 0.0455 e. The van der Waals surface area contributed by atoms with Crippen LogP contribution < -0.4 is 5.32 Å². The molecule has 1 rings (SSSR count). The van der Waals surface area contributed by atoms with Crippen LogP contribution in [0.2, 0.25) is 5.02 Å². The first-order valence-electron chi connectivity index (χ1n) is 6.20. The van der Waals surface area contributed by atoms with E-state index in [4.69, 9.17) is 11.6 Å². The third-order valence-corrected chi connectivity index (χ3v) is 3.44. The highest BCUT2D eigenvalue weighted by Crippen LogP contribution is 2.24. The summed E-state index contributed by atoms with van der Waals surface area (Å²) in [6, 6.07) is 6.62. The minimum atomic E-state index is 0.567. The van der Waals surface area contributed by atoms with E-state index in [0.717, 1.165) is 17.0 Å². The summed E-state index contributed by atoms with van der Waals surface area (Å²) >= 11 is 6.10. The number of nitrogens with one attached hydrogen (secondary N) is 1. The fraction of sp³-hybridized carbons (Fsp3) is 0.571. The number of hydrogen-bond acceptors (Lipinski definition) is 1. The Hall–Kier alpha value is -0.690. The van der Waals surface area contributed by atoms with Crippen molar-refractivity contribution in [1.82, 2.24) is 0 Å². The zero-order chi connectivity index (χ0) is 12.0. The summed E-state index contributed by atoms with van der Waals surface area (Å²) in [5, 5.41) is 4.43. The molecule has 0 spiro atoms. The van der Waals surface area contributed by atoms with Crippen LogP contribution in [-0.4, -0.2) is 6.04 Å². The maximum absolute atomic E-state index is 6.10. The van der Waals surface area contributed by atoms with Gasteiger partial charge in [-0.3, -0.25) is 0 Å². The van der Waals surface area contributed by atoms with Crippen molar-refractivity contribution in [2.75, 3.05) is 5.32 Å². The van der Waals surface area contributed by atoms with Crippen molar-refractivity contribution in [1.29, 1.82) is 0 Å². The van der Waals surface area contributed by atoms with Gasteiger partial charge in [0.25, 0.3) is 0 Å². The lowest BCUT2D eigenvalue weighted by Crippen LogP contribution is -2.18. The predicted molar refractivity (Wildman–Crippen MR) is 73.4 cm³/mol. The summed E-state index contributed by atoms with van der Waals surface area (Å²) in [6.07, 6.45) is 4.93. The van der Waals surface area contributed by atoms with E-state index in [1.165, 1.54) is 24.9 Å². The summed E-state index contributed by atoms with van der Waals surface area (Å²) in [5.41, 5.74) is 2.33. The van der Waals surface area contributed by atoms with E-state index in [1.807, 2.05) is 12.1 Å². The van der Waals surface area contributed by atoms with Gasteiger partial charge in [-0.15, -0.1) is 0 Å². The maximum atomic E-state index is 6.10. The van der Waals surface area contributed by atoms with Crippen LogP contribution in [0.4, 0.5) is 5.69 Å². The largest absolute Gasteiger partial charge is 0.382 e. The first-order chi connectivity index (χ1) is 7.69. The summed E-state index contributed by atoms with van der Waals surface area (Å²) in [4.78, 5) is 0. The van der Waals surface area contributed by atoms with Crippen molar-refractivity contribution in [2.45, 2.75) is 52.5 Å². The van der Waals surface area contributed by atoms with Crippen LogP contribution in [0.1, 0.15) is 45.1 Å². The van der Waals surface area contributed by atoms with E-state index in [9.17, 15) is 0 Å². The summed E-state index contributed by atoms with van der Waals surface area (Å²) in [6.45, 7) is 6.53. The average Bonchev–Trinajstić information content (AvgIpc) is 2.30. The molecule has 16 heavy (non-hydrogen) atoms. The van der Waals surface area contributed by atoms with Gasteiger partial charge in [0, 0.05) is 16.8 Å². The molecule has 2 heteroatoms. The highest BCUT2D eigenvalue weighted by molar-refractivity contribution is 6.31. The second-order valence-corrected chi connectivity index (χ2v) is 4.71. The molecule has 0 amide bonds. The first-order valence-corrected chi connectivity index (χ1v) is 6.58. The molecule has 1 atom stereocenters. The average molecular weight is 240 g/mol. The van der Waals surface area contributed by atoms with Crippen LogP contribution in [0.25, 0.3) is 0 Å². The minimum Gasteiger partial charge on any atom is -0.382 e. The van der Waals surface area contributed by atoms with Gasteiger partial charge >= 0.3 is 0 Å².